The van der Waals surface area contributed by atoms with Crippen LogP contribution in [-0.2, 0) is 4.74 Å². The number of carbonyl (C=O) groups excluding carboxylic acids is 1. The van der Waals surface area contributed by atoms with Crippen LogP contribution in [0.2, 0.25) is 0 Å². The average Bonchev–Trinajstić information content (AvgIpc) is 2.82. The van der Waals surface area contributed by atoms with E-state index >= 15 is 0 Å². The first-order chi connectivity index (χ1) is 8.18. The molecule has 1 saturated heterocycles. The van der Waals surface area contributed by atoms with Crippen LogP contribution in [0.5, 0.6) is 0 Å². The van der Waals surface area contributed by atoms with Crippen molar-refractivity contribution >= 4 is 11.6 Å². The maximum atomic E-state index is 12.0. The van der Waals surface area contributed by atoms with E-state index in [9.17, 15) is 4.79 Å². The molecule has 1 aliphatic rings. The van der Waals surface area contributed by atoms with Gasteiger partial charge in [0.2, 0.25) is 0 Å². The Balaban J connectivity index is 1.97. The zero-order valence-electron chi connectivity index (χ0n) is 10.0. The minimum atomic E-state index is -0.0540. The van der Waals surface area contributed by atoms with Crippen molar-refractivity contribution in [2.24, 2.45) is 5.92 Å². The highest BCUT2D eigenvalue weighted by Crippen LogP contribution is 2.16. The van der Waals surface area contributed by atoms with Crippen LogP contribution >= 0.6 is 0 Å². The summed E-state index contributed by atoms with van der Waals surface area (Å²) in [5.74, 6) is 0.391. The van der Waals surface area contributed by atoms with E-state index < -0.39 is 0 Å². The van der Waals surface area contributed by atoms with Crippen LogP contribution in [0.4, 0.5) is 5.69 Å². The van der Waals surface area contributed by atoms with E-state index in [1.54, 1.807) is 18.2 Å². The highest BCUT2D eigenvalue weighted by Gasteiger charge is 2.17. The topological polar surface area (TPSA) is 64.4 Å². The molecule has 92 valence electrons. The molecular weight excluding hydrogens is 216 g/mol. The van der Waals surface area contributed by atoms with Crippen LogP contribution in [-0.4, -0.2) is 25.7 Å². The zero-order chi connectivity index (χ0) is 12.3. The summed E-state index contributed by atoms with van der Waals surface area (Å²) in [7, 11) is 0. The highest BCUT2D eigenvalue weighted by atomic mass is 16.5. The fourth-order valence-electron chi connectivity index (χ4n) is 1.98. The van der Waals surface area contributed by atoms with Gasteiger partial charge in [0.25, 0.3) is 5.91 Å². The Morgan fingerprint density at radius 1 is 1.59 bits per heavy atom. The third-order valence-corrected chi connectivity index (χ3v) is 3.20. The summed E-state index contributed by atoms with van der Waals surface area (Å²) in [5, 5.41) is 2.93. The highest BCUT2D eigenvalue weighted by molar-refractivity contribution is 5.96. The van der Waals surface area contributed by atoms with Gasteiger partial charge in [-0.05, 0) is 31.0 Å². The first-order valence-electron chi connectivity index (χ1n) is 5.89. The van der Waals surface area contributed by atoms with Crippen molar-refractivity contribution in [3.05, 3.63) is 29.3 Å². The summed E-state index contributed by atoms with van der Waals surface area (Å²) in [6, 6.07) is 5.40. The quantitative estimate of drug-likeness (QED) is 0.776. The first kappa shape index (κ1) is 11.9. The van der Waals surface area contributed by atoms with Crippen molar-refractivity contribution in [3.8, 4) is 0 Å². The molecule has 0 aromatic heterocycles. The van der Waals surface area contributed by atoms with Crippen LogP contribution in [0.1, 0.15) is 22.3 Å². The summed E-state index contributed by atoms with van der Waals surface area (Å²) in [4.78, 5) is 12.0. The molecule has 2 rings (SSSR count). The molecule has 1 unspecified atom stereocenters. The molecule has 0 saturated carbocycles. The maximum absolute atomic E-state index is 12.0. The van der Waals surface area contributed by atoms with E-state index in [-0.39, 0.29) is 5.91 Å². The van der Waals surface area contributed by atoms with Crippen molar-refractivity contribution < 1.29 is 9.53 Å². The van der Waals surface area contributed by atoms with Crippen LogP contribution in [0.3, 0.4) is 0 Å². The summed E-state index contributed by atoms with van der Waals surface area (Å²) in [6.45, 7) is 4.09. The lowest BCUT2D eigenvalue weighted by atomic mass is 10.1. The Labute approximate surface area is 101 Å². The molecule has 1 fully saturated rings. The number of nitrogens with one attached hydrogen (secondary N) is 1. The number of rotatable bonds is 3. The van der Waals surface area contributed by atoms with Gasteiger partial charge in [-0.2, -0.15) is 0 Å². The number of nitrogen functional groups attached to an aromatic ring is 1. The summed E-state index contributed by atoms with van der Waals surface area (Å²) in [6.07, 6.45) is 1.02. The normalized spacial score (nSPS) is 19.2. The molecule has 0 radical (unpaired) electrons. The number of anilines is 1. The molecule has 0 bridgehead atoms. The van der Waals surface area contributed by atoms with Gasteiger partial charge in [-0.15, -0.1) is 0 Å². The van der Waals surface area contributed by atoms with Gasteiger partial charge in [0, 0.05) is 30.3 Å². The largest absolute Gasteiger partial charge is 0.398 e. The molecule has 1 aliphatic heterocycles. The van der Waals surface area contributed by atoms with Gasteiger partial charge in [0.05, 0.1) is 6.61 Å². The molecule has 17 heavy (non-hydrogen) atoms. The van der Waals surface area contributed by atoms with Crippen molar-refractivity contribution in [1.29, 1.82) is 0 Å². The van der Waals surface area contributed by atoms with Crippen LogP contribution in [0, 0.1) is 12.8 Å². The molecule has 0 spiro atoms. The lowest BCUT2D eigenvalue weighted by molar-refractivity contribution is 0.0944. The Kier molecular flexibility index (Phi) is 3.64. The number of hydrogen-bond acceptors (Lipinski definition) is 3. The molecule has 1 aromatic carbocycles. The SMILES string of the molecule is Cc1c(N)cccc1C(=O)NCC1CCOC1. The molecular formula is C13H18N2O2. The number of amides is 1. The number of nitrogens with two attached hydrogens (primary N) is 1. The second kappa shape index (κ2) is 5.19. The zero-order valence-corrected chi connectivity index (χ0v) is 10.0. The molecule has 4 heteroatoms. The predicted octanol–water partition coefficient (Wildman–Crippen LogP) is 1.34. The monoisotopic (exact) mass is 234 g/mol. The number of benzene rings is 1. The molecule has 3 N–H and O–H groups in total. The Hall–Kier alpha value is -1.55. The minimum absolute atomic E-state index is 0.0540. The van der Waals surface area contributed by atoms with Crippen LogP contribution in [0.15, 0.2) is 18.2 Å². The summed E-state index contributed by atoms with van der Waals surface area (Å²) >= 11 is 0. The Bertz CT molecular complexity index is 412. The maximum Gasteiger partial charge on any atom is 0.251 e. The first-order valence-corrected chi connectivity index (χ1v) is 5.89. The summed E-state index contributed by atoms with van der Waals surface area (Å²) < 4.78 is 5.27. The van der Waals surface area contributed by atoms with Gasteiger partial charge < -0.3 is 15.8 Å². The lowest BCUT2D eigenvalue weighted by Crippen LogP contribution is -2.30. The van der Waals surface area contributed by atoms with E-state index in [0.717, 1.165) is 25.2 Å². The Morgan fingerprint density at radius 2 is 2.41 bits per heavy atom. The third kappa shape index (κ3) is 2.77. The fraction of sp³-hybridized carbons (Fsp3) is 0.462. The molecule has 1 aromatic rings. The van der Waals surface area contributed by atoms with Crippen molar-refractivity contribution in [1.82, 2.24) is 5.32 Å². The van der Waals surface area contributed by atoms with Crippen molar-refractivity contribution in [2.45, 2.75) is 13.3 Å². The molecule has 1 amide bonds. The lowest BCUT2D eigenvalue weighted by Gasteiger charge is -2.11. The van der Waals surface area contributed by atoms with E-state index in [4.69, 9.17) is 10.5 Å². The minimum Gasteiger partial charge on any atom is -0.398 e. The number of hydrogen-bond donors (Lipinski definition) is 2. The van der Waals surface area contributed by atoms with Crippen molar-refractivity contribution in [3.63, 3.8) is 0 Å². The van der Waals surface area contributed by atoms with Gasteiger partial charge >= 0.3 is 0 Å². The van der Waals surface area contributed by atoms with Gasteiger partial charge in [0.1, 0.15) is 0 Å². The molecule has 1 heterocycles. The van der Waals surface area contributed by atoms with Gasteiger partial charge in [0.15, 0.2) is 0 Å². The van der Waals surface area contributed by atoms with E-state index in [1.807, 2.05) is 6.92 Å². The fourth-order valence-corrected chi connectivity index (χ4v) is 1.98. The van der Waals surface area contributed by atoms with Gasteiger partial charge in [-0.3, -0.25) is 4.79 Å². The predicted molar refractivity (Wildman–Crippen MR) is 66.9 cm³/mol. The Morgan fingerprint density at radius 3 is 3.12 bits per heavy atom. The number of ether oxygens (including phenoxy) is 1. The second-order valence-electron chi connectivity index (χ2n) is 4.46. The smallest absolute Gasteiger partial charge is 0.251 e. The molecule has 1 atom stereocenters. The molecule has 4 nitrogen and oxygen atoms in total. The van der Waals surface area contributed by atoms with E-state index in [0.29, 0.717) is 23.7 Å². The second-order valence-corrected chi connectivity index (χ2v) is 4.46. The molecule has 0 aliphatic carbocycles. The third-order valence-electron chi connectivity index (χ3n) is 3.20. The standard InChI is InChI=1S/C13H18N2O2/c1-9-11(3-2-4-12(9)14)13(16)15-7-10-5-6-17-8-10/h2-4,10H,5-8,14H2,1H3,(H,15,16). The summed E-state index contributed by atoms with van der Waals surface area (Å²) in [5.41, 5.74) is 7.93. The van der Waals surface area contributed by atoms with Crippen molar-refractivity contribution in [2.75, 3.05) is 25.5 Å². The average molecular weight is 234 g/mol. The van der Waals surface area contributed by atoms with Crippen LogP contribution < -0.4 is 11.1 Å². The van der Waals surface area contributed by atoms with Gasteiger partial charge in [-0.1, -0.05) is 6.07 Å². The van der Waals surface area contributed by atoms with Crippen LogP contribution in [0.25, 0.3) is 0 Å². The number of carbonyl (C=O) groups is 1. The van der Waals surface area contributed by atoms with E-state index in [2.05, 4.69) is 5.32 Å². The van der Waals surface area contributed by atoms with E-state index in [1.165, 1.54) is 0 Å². The van der Waals surface area contributed by atoms with Gasteiger partial charge in [-0.25, -0.2) is 0 Å².